The Morgan fingerprint density at radius 1 is 1.03 bits per heavy atom. The lowest BCUT2D eigenvalue weighted by atomic mass is 9.77. The number of fused-ring (bicyclic) bond motifs is 1. The van der Waals surface area contributed by atoms with Crippen molar-refractivity contribution in [2.24, 2.45) is 11.0 Å². The number of benzene rings is 3. The first-order chi connectivity index (χ1) is 17.0. The molecule has 1 fully saturated rings. The highest BCUT2D eigenvalue weighted by Gasteiger charge is 2.43. The molecule has 5 rings (SSSR count). The highest BCUT2D eigenvalue weighted by atomic mass is 79.9. The average molecular weight is 598 g/mol. The van der Waals surface area contributed by atoms with Gasteiger partial charge in [-0.25, -0.2) is 9.40 Å². The summed E-state index contributed by atoms with van der Waals surface area (Å²) in [5.74, 6) is -0.651. The first kappa shape index (κ1) is 23.9. The topological polar surface area (TPSA) is 41.9 Å². The highest BCUT2D eigenvalue weighted by molar-refractivity contribution is 9.10. The van der Waals surface area contributed by atoms with Gasteiger partial charge in [-0.3, -0.25) is 4.79 Å². The molecule has 178 valence electrons. The number of hydrogen-bond donors (Lipinski definition) is 0. The molecule has 0 aromatic heterocycles. The smallest absolute Gasteiger partial charge is 0.281 e. The number of ether oxygens (including phenoxy) is 1. The molecule has 0 N–H and O–H groups in total. The average Bonchev–Trinajstić information content (AvgIpc) is 3.26. The molecule has 7 heteroatoms. The highest BCUT2D eigenvalue weighted by Crippen LogP contribution is 2.44. The molecule has 0 unspecified atom stereocenters. The van der Waals surface area contributed by atoms with Crippen molar-refractivity contribution in [2.45, 2.75) is 25.3 Å². The minimum absolute atomic E-state index is 0.0566. The van der Waals surface area contributed by atoms with Crippen molar-refractivity contribution in [2.75, 3.05) is 6.61 Å². The Hall–Kier alpha value is -2.77. The van der Waals surface area contributed by atoms with Crippen LogP contribution in [0.1, 0.15) is 36.4 Å². The molecule has 1 aliphatic carbocycles. The Bertz CT molecular complexity index is 1290. The van der Waals surface area contributed by atoms with Crippen molar-refractivity contribution in [3.63, 3.8) is 0 Å². The number of carbonyl (C=O) groups is 1. The molecule has 2 atom stereocenters. The molecule has 0 saturated heterocycles. The molecule has 4 nitrogen and oxygen atoms in total. The Labute approximate surface area is 220 Å². The van der Waals surface area contributed by atoms with E-state index in [1.165, 1.54) is 12.1 Å². The maximum atomic E-state index is 14.0. The SMILES string of the molecule is O=C(COc1ccccc1F)N1N=C2/C(=C/c3ccc(Br)cc3)CCC[C@H]2[C@H]1c1ccc(Br)cc1. The van der Waals surface area contributed by atoms with Gasteiger partial charge < -0.3 is 4.74 Å². The predicted octanol–water partition coefficient (Wildman–Crippen LogP) is 7.55. The van der Waals surface area contributed by atoms with Crippen LogP contribution in [-0.2, 0) is 4.79 Å². The van der Waals surface area contributed by atoms with Crippen LogP contribution in [0.2, 0.25) is 0 Å². The van der Waals surface area contributed by atoms with Gasteiger partial charge in [-0.05, 0) is 78.4 Å². The van der Waals surface area contributed by atoms with Crippen LogP contribution in [0, 0.1) is 11.7 Å². The summed E-state index contributed by atoms with van der Waals surface area (Å²) >= 11 is 6.99. The number of allylic oxidation sites excluding steroid dienone is 1. The van der Waals surface area contributed by atoms with Gasteiger partial charge in [-0.2, -0.15) is 5.10 Å². The number of hydrogen-bond acceptors (Lipinski definition) is 3. The lowest BCUT2D eigenvalue weighted by molar-refractivity contribution is -0.135. The second-order valence-corrected chi connectivity index (χ2v) is 10.5. The van der Waals surface area contributed by atoms with Gasteiger partial charge >= 0.3 is 0 Å². The second kappa shape index (κ2) is 10.5. The molecule has 3 aromatic carbocycles. The molecule has 0 spiro atoms. The third kappa shape index (κ3) is 5.26. The molecule has 1 heterocycles. The van der Waals surface area contributed by atoms with E-state index in [1.54, 1.807) is 17.1 Å². The number of hydrazone groups is 1. The number of carbonyl (C=O) groups excluding carboxylic acids is 1. The summed E-state index contributed by atoms with van der Waals surface area (Å²) in [6.07, 6.45) is 5.04. The predicted molar refractivity (Wildman–Crippen MR) is 143 cm³/mol. The molecule has 3 aromatic rings. The van der Waals surface area contributed by atoms with E-state index in [0.29, 0.717) is 0 Å². The van der Waals surface area contributed by atoms with E-state index < -0.39 is 5.82 Å². The largest absolute Gasteiger partial charge is 0.481 e. The fourth-order valence-electron chi connectivity index (χ4n) is 4.73. The first-order valence-corrected chi connectivity index (χ1v) is 13.1. The van der Waals surface area contributed by atoms with Crippen molar-refractivity contribution in [1.82, 2.24) is 5.01 Å². The Morgan fingerprint density at radius 3 is 2.43 bits per heavy atom. The van der Waals surface area contributed by atoms with Crippen LogP contribution in [-0.4, -0.2) is 23.2 Å². The van der Waals surface area contributed by atoms with Crippen LogP contribution in [0.15, 0.2) is 92.4 Å². The van der Waals surface area contributed by atoms with Gasteiger partial charge in [0, 0.05) is 14.9 Å². The summed E-state index contributed by atoms with van der Waals surface area (Å²) in [4.78, 5) is 13.4. The Morgan fingerprint density at radius 2 is 1.71 bits per heavy atom. The minimum Gasteiger partial charge on any atom is -0.481 e. The fourth-order valence-corrected chi connectivity index (χ4v) is 5.26. The molecule has 0 radical (unpaired) electrons. The van der Waals surface area contributed by atoms with E-state index in [2.05, 4.69) is 50.1 Å². The van der Waals surface area contributed by atoms with Gasteiger partial charge in [0.2, 0.25) is 0 Å². The van der Waals surface area contributed by atoms with E-state index >= 15 is 0 Å². The van der Waals surface area contributed by atoms with E-state index in [-0.39, 0.29) is 30.2 Å². The zero-order valence-electron chi connectivity index (χ0n) is 18.8. The molecular formula is C28H23Br2FN2O2. The summed E-state index contributed by atoms with van der Waals surface area (Å²) in [6, 6.07) is 22.0. The van der Waals surface area contributed by atoms with Gasteiger partial charge in [0.25, 0.3) is 5.91 Å². The number of halogens is 3. The quantitative estimate of drug-likeness (QED) is 0.305. The van der Waals surface area contributed by atoms with Crippen molar-refractivity contribution >= 4 is 49.6 Å². The number of para-hydroxylation sites is 1. The normalized spacial score (nSPS) is 20.5. The number of nitrogens with zero attached hydrogens (tertiary/aromatic N) is 2. The van der Waals surface area contributed by atoms with Gasteiger partial charge in [-0.15, -0.1) is 0 Å². The third-order valence-corrected chi connectivity index (χ3v) is 7.42. The van der Waals surface area contributed by atoms with Crippen LogP contribution >= 0.6 is 31.9 Å². The molecule has 35 heavy (non-hydrogen) atoms. The van der Waals surface area contributed by atoms with Crippen molar-refractivity contribution < 1.29 is 13.9 Å². The van der Waals surface area contributed by atoms with Crippen molar-refractivity contribution in [3.05, 3.63) is 104 Å². The van der Waals surface area contributed by atoms with Crippen LogP contribution < -0.4 is 4.74 Å². The van der Waals surface area contributed by atoms with E-state index in [4.69, 9.17) is 9.84 Å². The standard InChI is InChI=1S/C28H23Br2FN2O2/c29-21-12-8-18(9-13-21)16-20-4-3-5-23-27(20)32-33(28(23)19-10-14-22(30)15-11-19)26(34)17-35-25-7-2-1-6-24(25)31/h1-2,6-16,23,28H,3-5,17H2/b20-16+/t23-,28-/m1/s1. The third-order valence-electron chi connectivity index (χ3n) is 6.37. The molecule has 2 aliphatic rings. The summed E-state index contributed by atoms with van der Waals surface area (Å²) in [5, 5.41) is 6.40. The molecule has 1 saturated carbocycles. The maximum absolute atomic E-state index is 14.0. The molecular weight excluding hydrogens is 575 g/mol. The molecule has 1 amide bonds. The van der Waals surface area contributed by atoms with Crippen LogP contribution in [0.4, 0.5) is 4.39 Å². The lowest BCUT2D eigenvalue weighted by Crippen LogP contribution is -2.34. The van der Waals surface area contributed by atoms with Crippen LogP contribution in [0.25, 0.3) is 6.08 Å². The minimum atomic E-state index is -0.495. The first-order valence-electron chi connectivity index (χ1n) is 11.5. The zero-order chi connectivity index (χ0) is 24.4. The van der Waals surface area contributed by atoms with Gasteiger partial charge in [-0.1, -0.05) is 68.3 Å². The number of rotatable bonds is 5. The Kier molecular flexibility index (Phi) is 7.16. The van der Waals surface area contributed by atoms with Crippen LogP contribution in [0.5, 0.6) is 5.75 Å². The van der Waals surface area contributed by atoms with E-state index in [9.17, 15) is 9.18 Å². The summed E-state index contributed by atoms with van der Waals surface area (Å²) in [6.45, 7) is -0.288. The van der Waals surface area contributed by atoms with Gasteiger partial charge in [0.05, 0.1) is 11.8 Å². The number of amides is 1. The lowest BCUT2D eigenvalue weighted by Gasteiger charge is -2.29. The maximum Gasteiger partial charge on any atom is 0.281 e. The molecule has 0 bridgehead atoms. The zero-order valence-corrected chi connectivity index (χ0v) is 22.0. The van der Waals surface area contributed by atoms with E-state index in [0.717, 1.165) is 50.6 Å². The summed E-state index contributed by atoms with van der Waals surface area (Å²) in [7, 11) is 0. The Balaban J connectivity index is 1.47. The van der Waals surface area contributed by atoms with Gasteiger partial charge in [0.15, 0.2) is 18.2 Å². The monoisotopic (exact) mass is 596 g/mol. The fraction of sp³-hybridized carbons (Fsp3) is 0.214. The van der Waals surface area contributed by atoms with Crippen LogP contribution in [0.3, 0.4) is 0 Å². The van der Waals surface area contributed by atoms with Crippen molar-refractivity contribution in [1.29, 1.82) is 0 Å². The van der Waals surface area contributed by atoms with E-state index in [1.807, 2.05) is 36.4 Å². The summed E-state index contributed by atoms with van der Waals surface area (Å²) < 4.78 is 21.6. The summed E-state index contributed by atoms with van der Waals surface area (Å²) in [5.41, 5.74) is 4.21. The van der Waals surface area contributed by atoms with Crippen molar-refractivity contribution in [3.8, 4) is 5.75 Å². The molecule has 1 aliphatic heterocycles. The second-order valence-electron chi connectivity index (χ2n) is 8.66. The van der Waals surface area contributed by atoms with Gasteiger partial charge in [0.1, 0.15) is 0 Å².